The van der Waals surface area contributed by atoms with Crippen molar-refractivity contribution in [2.75, 3.05) is 14.2 Å². The Kier molecular flexibility index (Phi) is 3.68. The number of ether oxygens (including phenoxy) is 2. The van der Waals surface area contributed by atoms with Crippen LogP contribution >= 0.6 is 0 Å². The van der Waals surface area contributed by atoms with Crippen LogP contribution in [-0.2, 0) is 0 Å². The Morgan fingerprint density at radius 1 is 0.722 bits per heavy atom. The molecule has 2 aromatic rings. The Labute approximate surface area is 107 Å². The van der Waals surface area contributed by atoms with Crippen LogP contribution in [0.2, 0.25) is 0 Å². The van der Waals surface area contributed by atoms with E-state index in [0.717, 1.165) is 28.2 Å². The molecule has 2 rings (SSSR count). The average Bonchev–Trinajstić information content (AvgIpc) is 2.47. The average molecular weight is 239 g/mol. The Hall–Kier alpha value is -2.22. The van der Waals surface area contributed by atoms with Gasteiger partial charge in [-0.2, -0.15) is 0 Å². The molecule has 0 amide bonds. The molecule has 0 aliphatic carbocycles. The molecule has 18 heavy (non-hydrogen) atoms. The molecule has 0 saturated heterocycles. The van der Waals surface area contributed by atoms with Gasteiger partial charge in [0.05, 0.1) is 14.2 Å². The van der Waals surface area contributed by atoms with E-state index in [2.05, 4.69) is 0 Å². The predicted octanol–water partition coefficient (Wildman–Crippen LogP) is 3.57. The minimum atomic E-state index is 0.736. The standard InChI is InChI=1S/C16H15O2/c1-12(13-4-8-15(17-2)9-5-13)14-6-10-16(18-3)11-7-14/h1,4-11H,2-3H3. The van der Waals surface area contributed by atoms with Crippen molar-refractivity contribution >= 4 is 5.57 Å². The summed E-state index contributed by atoms with van der Waals surface area (Å²) in [5.74, 6) is 1.64. The number of methoxy groups -OCH3 is 2. The maximum absolute atomic E-state index is 6.13. The summed E-state index contributed by atoms with van der Waals surface area (Å²) < 4.78 is 10.2. The van der Waals surface area contributed by atoms with Gasteiger partial charge in [0.2, 0.25) is 0 Å². The maximum atomic E-state index is 6.13. The van der Waals surface area contributed by atoms with Gasteiger partial charge in [0, 0.05) is 0 Å². The summed E-state index contributed by atoms with van der Waals surface area (Å²) in [5, 5.41) is 0. The van der Waals surface area contributed by atoms with Gasteiger partial charge >= 0.3 is 0 Å². The van der Waals surface area contributed by atoms with Gasteiger partial charge in [-0.25, -0.2) is 0 Å². The van der Waals surface area contributed by atoms with E-state index in [-0.39, 0.29) is 0 Å². The van der Waals surface area contributed by atoms with Gasteiger partial charge in [0.15, 0.2) is 0 Å². The molecule has 0 saturated carbocycles. The summed E-state index contributed by atoms with van der Waals surface area (Å²) in [7, 11) is 3.29. The molecule has 0 aromatic heterocycles. The van der Waals surface area contributed by atoms with E-state index in [0.29, 0.717) is 0 Å². The molecule has 0 aliphatic rings. The van der Waals surface area contributed by atoms with E-state index in [4.69, 9.17) is 16.1 Å². The van der Waals surface area contributed by atoms with Crippen LogP contribution in [0.25, 0.3) is 5.57 Å². The first kappa shape index (κ1) is 12.2. The van der Waals surface area contributed by atoms with E-state index in [1.807, 2.05) is 48.5 Å². The van der Waals surface area contributed by atoms with Gasteiger partial charge < -0.3 is 9.47 Å². The van der Waals surface area contributed by atoms with Crippen LogP contribution in [0.3, 0.4) is 0 Å². The number of hydrogen-bond acceptors (Lipinski definition) is 2. The van der Waals surface area contributed by atoms with Crippen molar-refractivity contribution in [1.29, 1.82) is 0 Å². The lowest BCUT2D eigenvalue weighted by Crippen LogP contribution is -1.88. The molecule has 0 heterocycles. The Bertz CT molecular complexity index is 475. The lowest BCUT2D eigenvalue weighted by molar-refractivity contribution is 0.414. The van der Waals surface area contributed by atoms with Gasteiger partial charge in [-0.05, 0) is 41.0 Å². The Morgan fingerprint density at radius 3 is 1.33 bits per heavy atom. The summed E-state index contributed by atoms with van der Waals surface area (Å²) in [5.41, 5.74) is 2.68. The second-order valence-corrected chi connectivity index (χ2v) is 3.87. The second kappa shape index (κ2) is 5.41. The van der Waals surface area contributed by atoms with E-state index in [9.17, 15) is 0 Å². The van der Waals surface area contributed by atoms with E-state index in [1.165, 1.54) is 0 Å². The zero-order valence-electron chi connectivity index (χ0n) is 10.5. The molecule has 2 nitrogen and oxygen atoms in total. The van der Waals surface area contributed by atoms with Crippen LogP contribution in [0.5, 0.6) is 11.5 Å². The molecular weight excluding hydrogens is 224 g/mol. The molecule has 2 aromatic carbocycles. The van der Waals surface area contributed by atoms with E-state index in [1.54, 1.807) is 14.2 Å². The molecular formula is C16H15O2. The van der Waals surface area contributed by atoms with Gasteiger partial charge in [-0.3, -0.25) is 0 Å². The minimum absolute atomic E-state index is 0.736. The van der Waals surface area contributed by atoms with Gasteiger partial charge in [-0.1, -0.05) is 30.8 Å². The Balaban J connectivity index is 2.23. The van der Waals surface area contributed by atoms with Crippen LogP contribution in [0.4, 0.5) is 0 Å². The van der Waals surface area contributed by atoms with Crippen molar-refractivity contribution in [3.63, 3.8) is 0 Å². The highest BCUT2D eigenvalue weighted by Crippen LogP contribution is 2.24. The molecule has 0 bridgehead atoms. The number of benzene rings is 2. The van der Waals surface area contributed by atoms with Gasteiger partial charge in [-0.15, -0.1) is 0 Å². The Morgan fingerprint density at radius 2 is 1.06 bits per heavy atom. The summed E-state index contributed by atoms with van der Waals surface area (Å²) in [6.45, 7) is 6.13. The van der Waals surface area contributed by atoms with Crippen molar-refractivity contribution in [3.8, 4) is 11.5 Å². The van der Waals surface area contributed by atoms with Crippen molar-refractivity contribution in [2.45, 2.75) is 0 Å². The predicted molar refractivity (Wildman–Crippen MR) is 72.8 cm³/mol. The highest BCUT2D eigenvalue weighted by Gasteiger charge is 2.03. The first-order chi connectivity index (χ1) is 8.74. The zero-order valence-corrected chi connectivity index (χ0v) is 10.5. The van der Waals surface area contributed by atoms with Crippen molar-refractivity contribution in [1.82, 2.24) is 0 Å². The summed E-state index contributed by atoms with van der Waals surface area (Å²) in [6, 6.07) is 15.3. The highest BCUT2D eigenvalue weighted by atomic mass is 16.5. The fourth-order valence-electron chi connectivity index (χ4n) is 1.71. The smallest absolute Gasteiger partial charge is 0.118 e. The van der Waals surface area contributed by atoms with Crippen LogP contribution in [0.1, 0.15) is 11.1 Å². The van der Waals surface area contributed by atoms with Crippen molar-refractivity contribution in [2.24, 2.45) is 0 Å². The molecule has 1 radical (unpaired) electrons. The summed E-state index contributed by atoms with van der Waals surface area (Å²) in [4.78, 5) is 0. The maximum Gasteiger partial charge on any atom is 0.118 e. The quantitative estimate of drug-likeness (QED) is 0.812. The lowest BCUT2D eigenvalue weighted by atomic mass is 9.99. The normalized spacial score (nSPS) is 9.89. The second-order valence-electron chi connectivity index (χ2n) is 3.87. The topological polar surface area (TPSA) is 18.5 Å². The third-order valence-corrected chi connectivity index (χ3v) is 2.80. The van der Waals surface area contributed by atoms with Crippen molar-refractivity contribution in [3.05, 3.63) is 66.2 Å². The van der Waals surface area contributed by atoms with Crippen LogP contribution < -0.4 is 9.47 Å². The third kappa shape index (κ3) is 2.54. The molecule has 0 spiro atoms. The van der Waals surface area contributed by atoms with Crippen LogP contribution in [0.15, 0.2) is 48.5 Å². The first-order valence-corrected chi connectivity index (χ1v) is 5.66. The summed E-state index contributed by atoms with van der Waals surface area (Å²) >= 11 is 0. The molecule has 0 atom stereocenters. The fraction of sp³-hybridized carbons (Fsp3) is 0.125. The van der Waals surface area contributed by atoms with Crippen LogP contribution in [0, 0.1) is 6.58 Å². The zero-order chi connectivity index (χ0) is 13.0. The van der Waals surface area contributed by atoms with E-state index < -0.39 is 0 Å². The number of rotatable bonds is 4. The van der Waals surface area contributed by atoms with Gasteiger partial charge in [0.25, 0.3) is 0 Å². The fourth-order valence-corrected chi connectivity index (χ4v) is 1.71. The van der Waals surface area contributed by atoms with E-state index >= 15 is 0 Å². The molecule has 0 unspecified atom stereocenters. The molecule has 0 N–H and O–H groups in total. The summed E-state index contributed by atoms with van der Waals surface area (Å²) in [6.07, 6.45) is 0. The van der Waals surface area contributed by atoms with Gasteiger partial charge in [0.1, 0.15) is 11.5 Å². The third-order valence-electron chi connectivity index (χ3n) is 2.80. The molecule has 91 valence electrons. The molecule has 0 fully saturated rings. The monoisotopic (exact) mass is 239 g/mol. The SMILES string of the molecule is [CH]=C(c1ccc(OC)cc1)c1ccc(OC)cc1. The highest BCUT2D eigenvalue weighted by molar-refractivity contribution is 5.77. The molecule has 2 heteroatoms. The largest absolute Gasteiger partial charge is 0.497 e. The lowest BCUT2D eigenvalue weighted by Gasteiger charge is -2.08. The minimum Gasteiger partial charge on any atom is -0.497 e. The first-order valence-electron chi connectivity index (χ1n) is 5.66. The van der Waals surface area contributed by atoms with Crippen molar-refractivity contribution < 1.29 is 9.47 Å². The number of hydrogen-bond donors (Lipinski definition) is 0. The van der Waals surface area contributed by atoms with Crippen LogP contribution in [-0.4, -0.2) is 14.2 Å². The molecule has 0 aliphatic heterocycles.